The maximum Gasteiger partial charge on any atom is 0.323 e. The Bertz CT molecular complexity index is 215. The molecule has 0 bridgehead atoms. The first kappa shape index (κ1) is 13.9. The van der Waals surface area contributed by atoms with Crippen LogP contribution in [0.25, 0.3) is 0 Å². The first-order valence-electron chi connectivity index (χ1n) is 4.99. The van der Waals surface area contributed by atoms with Gasteiger partial charge >= 0.3 is 11.9 Å². The molecule has 0 saturated heterocycles. The molecule has 0 rings (SSSR count). The third-order valence-corrected chi connectivity index (χ3v) is 1.89. The maximum absolute atomic E-state index is 11.3. The normalized spacial score (nSPS) is 12.3. The molecule has 0 spiro atoms. The highest BCUT2D eigenvalue weighted by molar-refractivity contribution is 5.77. The Labute approximate surface area is 90.1 Å². The topological polar surface area (TPSA) is 64.6 Å². The quantitative estimate of drug-likeness (QED) is 0.650. The molecular formula is C10H19NO4. The third-order valence-electron chi connectivity index (χ3n) is 1.89. The van der Waals surface area contributed by atoms with Crippen molar-refractivity contribution in [3.63, 3.8) is 0 Å². The summed E-state index contributed by atoms with van der Waals surface area (Å²) in [5.41, 5.74) is 0. The highest BCUT2D eigenvalue weighted by Gasteiger charge is 2.23. The first-order valence-corrected chi connectivity index (χ1v) is 4.99. The van der Waals surface area contributed by atoms with E-state index in [2.05, 4.69) is 10.1 Å². The Morgan fingerprint density at radius 1 is 1.33 bits per heavy atom. The van der Waals surface area contributed by atoms with E-state index in [0.29, 0.717) is 6.61 Å². The first-order chi connectivity index (χ1) is 7.02. The van der Waals surface area contributed by atoms with Crippen molar-refractivity contribution in [2.24, 2.45) is 5.92 Å². The van der Waals surface area contributed by atoms with Crippen molar-refractivity contribution in [3.8, 4) is 0 Å². The van der Waals surface area contributed by atoms with E-state index >= 15 is 0 Å². The fourth-order valence-electron chi connectivity index (χ4n) is 1.12. The number of rotatable bonds is 6. The van der Waals surface area contributed by atoms with Gasteiger partial charge in [-0.2, -0.15) is 0 Å². The van der Waals surface area contributed by atoms with Crippen LogP contribution in [0.3, 0.4) is 0 Å². The van der Waals surface area contributed by atoms with Gasteiger partial charge in [0, 0.05) is 0 Å². The number of hydrogen-bond donors (Lipinski definition) is 1. The molecule has 0 aliphatic rings. The van der Waals surface area contributed by atoms with Gasteiger partial charge in [0.1, 0.15) is 6.04 Å². The summed E-state index contributed by atoms with van der Waals surface area (Å²) >= 11 is 0. The van der Waals surface area contributed by atoms with Crippen LogP contribution in [-0.4, -0.2) is 38.2 Å². The second-order valence-electron chi connectivity index (χ2n) is 3.43. The lowest BCUT2D eigenvalue weighted by molar-refractivity contribution is -0.145. The van der Waals surface area contributed by atoms with Crippen molar-refractivity contribution in [1.29, 1.82) is 0 Å². The highest BCUT2D eigenvalue weighted by Crippen LogP contribution is 2.02. The monoisotopic (exact) mass is 217 g/mol. The van der Waals surface area contributed by atoms with Crippen molar-refractivity contribution >= 4 is 11.9 Å². The number of methoxy groups -OCH3 is 1. The Balaban J connectivity index is 4.07. The Morgan fingerprint density at radius 2 is 1.93 bits per heavy atom. The van der Waals surface area contributed by atoms with Crippen LogP contribution in [0.15, 0.2) is 0 Å². The largest absolute Gasteiger partial charge is 0.468 e. The number of carbonyl (C=O) groups is 2. The van der Waals surface area contributed by atoms with E-state index in [0.717, 1.165) is 0 Å². The van der Waals surface area contributed by atoms with Crippen LogP contribution in [0.2, 0.25) is 0 Å². The summed E-state index contributed by atoms with van der Waals surface area (Å²) in [5.74, 6) is -0.673. The molecule has 0 heterocycles. The van der Waals surface area contributed by atoms with E-state index < -0.39 is 6.04 Å². The standard InChI is InChI=1S/C10H19NO4/c1-5-15-8(12)6-11-9(7(2)3)10(13)14-4/h7,9,11H,5-6H2,1-4H3/t9-/m1/s1. The Morgan fingerprint density at radius 3 is 2.33 bits per heavy atom. The van der Waals surface area contributed by atoms with Crippen molar-refractivity contribution < 1.29 is 19.1 Å². The lowest BCUT2D eigenvalue weighted by Crippen LogP contribution is -2.44. The van der Waals surface area contributed by atoms with E-state index in [1.165, 1.54) is 7.11 Å². The van der Waals surface area contributed by atoms with E-state index in [4.69, 9.17) is 4.74 Å². The zero-order valence-corrected chi connectivity index (χ0v) is 9.70. The van der Waals surface area contributed by atoms with Crippen LogP contribution in [0.1, 0.15) is 20.8 Å². The van der Waals surface area contributed by atoms with Gasteiger partial charge in [0.05, 0.1) is 20.3 Å². The van der Waals surface area contributed by atoms with Gasteiger partial charge in [-0.15, -0.1) is 0 Å². The third kappa shape index (κ3) is 5.37. The Kier molecular flexibility index (Phi) is 6.70. The van der Waals surface area contributed by atoms with Crippen LogP contribution in [-0.2, 0) is 19.1 Å². The summed E-state index contributed by atoms with van der Waals surface area (Å²) in [6.45, 7) is 5.84. The van der Waals surface area contributed by atoms with Gasteiger partial charge in [0.25, 0.3) is 0 Å². The minimum atomic E-state index is -0.473. The lowest BCUT2D eigenvalue weighted by Gasteiger charge is -2.19. The van der Waals surface area contributed by atoms with E-state index in [1.807, 2.05) is 13.8 Å². The van der Waals surface area contributed by atoms with Gasteiger partial charge in [-0.05, 0) is 12.8 Å². The summed E-state index contributed by atoms with van der Waals surface area (Å²) in [6.07, 6.45) is 0. The van der Waals surface area contributed by atoms with Crippen LogP contribution in [0, 0.1) is 5.92 Å². The molecule has 0 unspecified atom stereocenters. The molecule has 5 heteroatoms. The summed E-state index contributed by atoms with van der Waals surface area (Å²) in [6, 6.07) is -0.473. The van der Waals surface area contributed by atoms with Gasteiger partial charge in [-0.3, -0.25) is 14.9 Å². The minimum Gasteiger partial charge on any atom is -0.468 e. The fourth-order valence-corrected chi connectivity index (χ4v) is 1.12. The van der Waals surface area contributed by atoms with Crippen molar-refractivity contribution in [1.82, 2.24) is 5.32 Å². The zero-order valence-electron chi connectivity index (χ0n) is 9.70. The zero-order chi connectivity index (χ0) is 11.8. The number of esters is 2. The smallest absolute Gasteiger partial charge is 0.323 e. The van der Waals surface area contributed by atoms with Crippen LogP contribution in [0.4, 0.5) is 0 Å². The summed E-state index contributed by atoms with van der Waals surface area (Å²) in [4.78, 5) is 22.3. The summed E-state index contributed by atoms with van der Waals surface area (Å²) in [7, 11) is 1.32. The second kappa shape index (κ2) is 7.23. The van der Waals surface area contributed by atoms with Gasteiger partial charge < -0.3 is 9.47 Å². The predicted molar refractivity (Wildman–Crippen MR) is 55.3 cm³/mol. The maximum atomic E-state index is 11.3. The molecule has 1 N–H and O–H groups in total. The molecule has 0 aromatic rings. The molecule has 0 amide bonds. The van der Waals surface area contributed by atoms with Crippen LogP contribution < -0.4 is 5.32 Å². The average molecular weight is 217 g/mol. The fraction of sp³-hybridized carbons (Fsp3) is 0.800. The van der Waals surface area contributed by atoms with Gasteiger partial charge in [0.2, 0.25) is 0 Å². The second-order valence-corrected chi connectivity index (χ2v) is 3.43. The van der Waals surface area contributed by atoms with Gasteiger partial charge in [-0.1, -0.05) is 13.8 Å². The molecule has 0 aliphatic heterocycles. The average Bonchev–Trinajstić information content (AvgIpc) is 2.17. The van der Waals surface area contributed by atoms with Crippen molar-refractivity contribution in [3.05, 3.63) is 0 Å². The van der Waals surface area contributed by atoms with Gasteiger partial charge in [0.15, 0.2) is 0 Å². The van der Waals surface area contributed by atoms with Crippen LogP contribution in [0.5, 0.6) is 0 Å². The molecular weight excluding hydrogens is 198 g/mol. The molecule has 1 atom stereocenters. The highest BCUT2D eigenvalue weighted by atomic mass is 16.5. The van der Waals surface area contributed by atoms with Crippen molar-refractivity contribution in [2.75, 3.05) is 20.3 Å². The molecule has 0 aromatic heterocycles. The number of carbonyl (C=O) groups excluding carboxylic acids is 2. The predicted octanol–water partition coefficient (Wildman–Crippen LogP) is 0.337. The molecule has 15 heavy (non-hydrogen) atoms. The molecule has 0 saturated carbocycles. The molecule has 5 nitrogen and oxygen atoms in total. The van der Waals surface area contributed by atoms with Crippen molar-refractivity contribution in [2.45, 2.75) is 26.8 Å². The Hall–Kier alpha value is -1.10. The van der Waals surface area contributed by atoms with E-state index in [-0.39, 0.29) is 24.4 Å². The van der Waals surface area contributed by atoms with Gasteiger partial charge in [-0.25, -0.2) is 0 Å². The molecule has 0 fully saturated rings. The minimum absolute atomic E-state index is 0.0196. The summed E-state index contributed by atoms with van der Waals surface area (Å²) < 4.78 is 9.34. The molecule has 0 radical (unpaired) electrons. The number of nitrogens with one attached hydrogen (secondary N) is 1. The molecule has 0 aliphatic carbocycles. The van der Waals surface area contributed by atoms with E-state index in [1.54, 1.807) is 6.92 Å². The summed E-state index contributed by atoms with van der Waals surface area (Å²) in [5, 5.41) is 2.81. The lowest BCUT2D eigenvalue weighted by atomic mass is 10.1. The molecule has 0 aromatic carbocycles. The van der Waals surface area contributed by atoms with E-state index in [9.17, 15) is 9.59 Å². The number of ether oxygens (including phenoxy) is 2. The SMILES string of the molecule is CCOC(=O)CN[C@@H](C(=O)OC)C(C)C. The number of hydrogen-bond acceptors (Lipinski definition) is 5. The molecule has 88 valence electrons. The van der Waals surface area contributed by atoms with Crippen LogP contribution >= 0.6 is 0 Å².